The van der Waals surface area contributed by atoms with E-state index in [1.54, 1.807) is 0 Å². The van der Waals surface area contributed by atoms with Gasteiger partial charge in [-0.05, 0) is 51.2 Å². The quantitative estimate of drug-likeness (QED) is 0.881. The first-order valence-electron chi connectivity index (χ1n) is 6.26. The molecule has 0 aliphatic carbocycles. The van der Waals surface area contributed by atoms with E-state index in [1.807, 2.05) is 6.07 Å². The highest BCUT2D eigenvalue weighted by molar-refractivity contribution is 9.10. The first-order chi connectivity index (χ1) is 8.65. The van der Waals surface area contributed by atoms with Gasteiger partial charge in [0.2, 0.25) is 5.95 Å². The molecule has 1 aromatic carbocycles. The molecule has 0 saturated carbocycles. The minimum absolute atomic E-state index is 0.479. The summed E-state index contributed by atoms with van der Waals surface area (Å²) in [5.41, 5.74) is 8.21. The molecule has 0 spiro atoms. The molecule has 1 saturated heterocycles. The van der Waals surface area contributed by atoms with E-state index in [9.17, 15) is 0 Å². The maximum absolute atomic E-state index is 6.09. The molecule has 1 aromatic heterocycles. The predicted octanol–water partition coefficient (Wildman–Crippen LogP) is 2.65. The maximum Gasteiger partial charge on any atom is 0.201 e. The van der Waals surface area contributed by atoms with E-state index in [4.69, 9.17) is 5.73 Å². The molecule has 18 heavy (non-hydrogen) atoms. The van der Waals surface area contributed by atoms with Crippen LogP contribution in [0.4, 0.5) is 5.95 Å². The number of nitrogens with zero attached hydrogens (tertiary/aromatic N) is 3. The van der Waals surface area contributed by atoms with Gasteiger partial charge in [0.1, 0.15) is 0 Å². The Bertz CT molecular complexity index is 570. The van der Waals surface area contributed by atoms with E-state index in [1.165, 1.54) is 0 Å². The van der Waals surface area contributed by atoms with Crippen molar-refractivity contribution in [3.8, 4) is 0 Å². The van der Waals surface area contributed by atoms with Gasteiger partial charge in [-0.25, -0.2) is 4.98 Å². The minimum Gasteiger partial charge on any atom is -0.369 e. The van der Waals surface area contributed by atoms with E-state index in [0.29, 0.717) is 12.0 Å². The highest BCUT2D eigenvalue weighted by Crippen LogP contribution is 2.30. The summed E-state index contributed by atoms with van der Waals surface area (Å²) in [6, 6.07) is 6.65. The van der Waals surface area contributed by atoms with Crippen LogP contribution in [0.15, 0.2) is 22.7 Å². The van der Waals surface area contributed by atoms with Crippen LogP contribution in [0, 0.1) is 0 Å². The summed E-state index contributed by atoms with van der Waals surface area (Å²) >= 11 is 3.47. The van der Waals surface area contributed by atoms with Crippen molar-refractivity contribution in [2.75, 3.05) is 25.9 Å². The number of hydrogen-bond donors (Lipinski definition) is 1. The molecule has 2 heterocycles. The number of likely N-dealkylation sites (tertiary alicyclic amines) is 1. The van der Waals surface area contributed by atoms with E-state index in [0.717, 1.165) is 41.4 Å². The monoisotopic (exact) mass is 308 g/mol. The Kier molecular flexibility index (Phi) is 3.03. The number of benzene rings is 1. The predicted molar refractivity (Wildman–Crippen MR) is 77.6 cm³/mol. The van der Waals surface area contributed by atoms with Crippen LogP contribution < -0.4 is 5.73 Å². The second-order valence-corrected chi connectivity index (χ2v) is 5.92. The Morgan fingerprint density at radius 3 is 2.78 bits per heavy atom. The van der Waals surface area contributed by atoms with Gasteiger partial charge in [0.05, 0.1) is 11.0 Å². The third kappa shape index (κ3) is 2.01. The Hall–Kier alpha value is -1.07. The van der Waals surface area contributed by atoms with Crippen molar-refractivity contribution in [3.63, 3.8) is 0 Å². The molecule has 0 unspecified atom stereocenters. The zero-order chi connectivity index (χ0) is 12.7. The lowest BCUT2D eigenvalue weighted by Gasteiger charge is -2.30. The van der Waals surface area contributed by atoms with Gasteiger partial charge in [-0.1, -0.05) is 15.9 Å². The molecule has 0 amide bonds. The fraction of sp³-hybridized carbons (Fsp3) is 0.462. The van der Waals surface area contributed by atoms with Crippen LogP contribution in [0.25, 0.3) is 11.0 Å². The highest BCUT2D eigenvalue weighted by atomic mass is 79.9. The van der Waals surface area contributed by atoms with Gasteiger partial charge in [0.15, 0.2) is 0 Å². The number of imidazole rings is 1. The van der Waals surface area contributed by atoms with Crippen molar-refractivity contribution in [1.29, 1.82) is 0 Å². The number of piperidine rings is 1. The molecule has 0 radical (unpaired) electrons. The van der Waals surface area contributed by atoms with Crippen LogP contribution in [0.3, 0.4) is 0 Å². The van der Waals surface area contributed by atoms with Crippen LogP contribution in [-0.4, -0.2) is 34.6 Å². The Morgan fingerprint density at radius 2 is 2.06 bits per heavy atom. The van der Waals surface area contributed by atoms with E-state index < -0.39 is 0 Å². The van der Waals surface area contributed by atoms with Crippen LogP contribution in [0.5, 0.6) is 0 Å². The van der Waals surface area contributed by atoms with Gasteiger partial charge in [0, 0.05) is 10.5 Å². The first kappa shape index (κ1) is 12.0. The van der Waals surface area contributed by atoms with Gasteiger partial charge >= 0.3 is 0 Å². The highest BCUT2D eigenvalue weighted by Gasteiger charge is 2.22. The summed E-state index contributed by atoms with van der Waals surface area (Å²) < 4.78 is 3.25. The lowest BCUT2D eigenvalue weighted by Crippen LogP contribution is -2.31. The van der Waals surface area contributed by atoms with Gasteiger partial charge in [0.25, 0.3) is 0 Å². The van der Waals surface area contributed by atoms with E-state index >= 15 is 0 Å². The first-order valence-corrected chi connectivity index (χ1v) is 7.06. The molecule has 0 bridgehead atoms. The van der Waals surface area contributed by atoms with Gasteiger partial charge in [-0.2, -0.15) is 0 Å². The summed E-state index contributed by atoms with van der Waals surface area (Å²) in [5.74, 6) is 0.637. The smallest absolute Gasteiger partial charge is 0.201 e. The fourth-order valence-electron chi connectivity index (χ4n) is 2.73. The molecule has 2 N–H and O–H groups in total. The van der Waals surface area contributed by atoms with Gasteiger partial charge < -0.3 is 15.2 Å². The van der Waals surface area contributed by atoms with Crippen LogP contribution in [0.2, 0.25) is 0 Å². The SMILES string of the molecule is CN1CCC(n2c(N)nc3cc(Br)ccc32)CC1. The number of nitrogens with two attached hydrogens (primary N) is 1. The number of aromatic nitrogens is 2. The maximum atomic E-state index is 6.09. The molecule has 3 rings (SSSR count). The molecule has 2 aromatic rings. The molecule has 1 fully saturated rings. The molecule has 1 aliphatic heterocycles. The Balaban J connectivity index is 2.03. The topological polar surface area (TPSA) is 47.1 Å². The molecule has 5 heteroatoms. The molecule has 4 nitrogen and oxygen atoms in total. The normalized spacial score (nSPS) is 18.6. The zero-order valence-electron chi connectivity index (χ0n) is 10.4. The van der Waals surface area contributed by atoms with Crippen molar-refractivity contribution in [2.24, 2.45) is 0 Å². The van der Waals surface area contributed by atoms with Gasteiger partial charge in [-0.15, -0.1) is 0 Å². The third-order valence-corrected chi connectivity index (χ3v) is 4.23. The fourth-order valence-corrected chi connectivity index (χ4v) is 3.08. The summed E-state index contributed by atoms with van der Waals surface area (Å²) in [7, 11) is 2.17. The lowest BCUT2D eigenvalue weighted by atomic mass is 10.1. The molecule has 0 atom stereocenters. The molecule has 96 valence electrons. The van der Waals surface area contributed by atoms with Gasteiger partial charge in [-0.3, -0.25) is 0 Å². The Labute approximate surface area is 115 Å². The largest absolute Gasteiger partial charge is 0.369 e. The minimum atomic E-state index is 0.479. The van der Waals surface area contributed by atoms with E-state index in [2.05, 4.69) is 49.6 Å². The number of hydrogen-bond acceptors (Lipinski definition) is 3. The summed E-state index contributed by atoms with van der Waals surface area (Å²) in [6.45, 7) is 2.25. The average molecular weight is 309 g/mol. The summed E-state index contributed by atoms with van der Waals surface area (Å²) in [5, 5.41) is 0. The van der Waals surface area contributed by atoms with Crippen molar-refractivity contribution >= 4 is 32.9 Å². The van der Waals surface area contributed by atoms with Crippen LogP contribution in [0.1, 0.15) is 18.9 Å². The Morgan fingerprint density at radius 1 is 1.33 bits per heavy atom. The standard InChI is InChI=1S/C13H17BrN4/c1-17-6-4-10(5-7-17)18-12-3-2-9(14)8-11(12)16-13(18)15/h2-3,8,10H,4-7H2,1H3,(H2,15,16). The number of rotatable bonds is 1. The second-order valence-electron chi connectivity index (χ2n) is 5.01. The van der Waals surface area contributed by atoms with Crippen molar-refractivity contribution in [1.82, 2.24) is 14.5 Å². The number of halogens is 1. The van der Waals surface area contributed by atoms with Crippen molar-refractivity contribution < 1.29 is 0 Å². The summed E-state index contributed by atoms with van der Waals surface area (Å²) in [6.07, 6.45) is 2.28. The van der Waals surface area contributed by atoms with Crippen molar-refractivity contribution in [3.05, 3.63) is 22.7 Å². The zero-order valence-corrected chi connectivity index (χ0v) is 12.0. The average Bonchev–Trinajstić information content (AvgIpc) is 2.65. The van der Waals surface area contributed by atoms with E-state index in [-0.39, 0.29) is 0 Å². The third-order valence-electron chi connectivity index (χ3n) is 3.73. The summed E-state index contributed by atoms with van der Waals surface area (Å²) in [4.78, 5) is 6.83. The van der Waals surface area contributed by atoms with Crippen LogP contribution in [-0.2, 0) is 0 Å². The molecule has 1 aliphatic rings. The van der Waals surface area contributed by atoms with Crippen LogP contribution >= 0.6 is 15.9 Å². The molecular weight excluding hydrogens is 292 g/mol. The molecular formula is C13H17BrN4. The van der Waals surface area contributed by atoms with Crippen molar-refractivity contribution in [2.45, 2.75) is 18.9 Å². The second kappa shape index (κ2) is 4.55. The number of anilines is 1. The number of fused-ring (bicyclic) bond motifs is 1. The number of nitrogen functional groups attached to an aromatic ring is 1. The lowest BCUT2D eigenvalue weighted by molar-refractivity contribution is 0.225.